The van der Waals surface area contributed by atoms with Crippen molar-refractivity contribution >= 4 is 22.7 Å². The molecule has 0 aliphatic rings. The van der Waals surface area contributed by atoms with E-state index in [9.17, 15) is 8.78 Å². The lowest BCUT2D eigenvalue weighted by molar-refractivity contribution is 0.507. The van der Waals surface area contributed by atoms with Gasteiger partial charge in [0, 0.05) is 12.0 Å². The van der Waals surface area contributed by atoms with Gasteiger partial charge in [-0.3, -0.25) is 0 Å². The van der Waals surface area contributed by atoms with Gasteiger partial charge in [-0.15, -0.1) is 11.6 Å². The molecule has 0 radical (unpaired) electrons. The molecule has 1 unspecified atom stereocenters. The first-order chi connectivity index (χ1) is 9.65. The molecular formula is C15H10ClF2NO. The Labute approximate surface area is 119 Å². The average molecular weight is 294 g/mol. The van der Waals surface area contributed by atoms with Crippen molar-refractivity contribution in [2.75, 3.05) is 0 Å². The molecule has 2 nitrogen and oxygen atoms in total. The first-order valence-corrected chi connectivity index (χ1v) is 6.51. The van der Waals surface area contributed by atoms with Crippen molar-refractivity contribution in [3.63, 3.8) is 0 Å². The van der Waals surface area contributed by atoms with Crippen LogP contribution in [0.15, 0.2) is 46.9 Å². The van der Waals surface area contributed by atoms with Gasteiger partial charge in [0.1, 0.15) is 17.2 Å². The first-order valence-electron chi connectivity index (χ1n) is 6.07. The summed E-state index contributed by atoms with van der Waals surface area (Å²) in [6.07, 6.45) is 0.119. The van der Waals surface area contributed by atoms with Crippen molar-refractivity contribution in [1.82, 2.24) is 4.98 Å². The Morgan fingerprint density at radius 3 is 2.45 bits per heavy atom. The minimum Gasteiger partial charge on any atom is -0.441 e. The number of benzene rings is 2. The van der Waals surface area contributed by atoms with Crippen LogP contribution < -0.4 is 0 Å². The quantitative estimate of drug-likeness (QED) is 0.658. The standard InChI is InChI=1S/C15H10ClF2NO/c16-9(15-10(17)4-3-5-11(15)18)8-14-19-12-6-1-2-7-13(12)20-14/h1-7,9H,8H2. The summed E-state index contributed by atoms with van der Waals surface area (Å²) in [6.45, 7) is 0. The van der Waals surface area contributed by atoms with Crippen LogP contribution in [-0.2, 0) is 6.42 Å². The van der Waals surface area contributed by atoms with E-state index in [2.05, 4.69) is 4.98 Å². The highest BCUT2D eigenvalue weighted by atomic mass is 35.5. The monoisotopic (exact) mass is 293 g/mol. The lowest BCUT2D eigenvalue weighted by Gasteiger charge is -2.09. The van der Waals surface area contributed by atoms with E-state index in [0.29, 0.717) is 17.0 Å². The molecule has 3 rings (SSSR count). The van der Waals surface area contributed by atoms with Gasteiger partial charge in [0.2, 0.25) is 0 Å². The number of rotatable bonds is 3. The number of hydrogen-bond acceptors (Lipinski definition) is 2. The van der Waals surface area contributed by atoms with Crippen LogP contribution in [0.5, 0.6) is 0 Å². The van der Waals surface area contributed by atoms with Crippen molar-refractivity contribution in [1.29, 1.82) is 0 Å². The van der Waals surface area contributed by atoms with E-state index in [1.54, 1.807) is 12.1 Å². The van der Waals surface area contributed by atoms with E-state index in [4.69, 9.17) is 16.0 Å². The van der Waals surface area contributed by atoms with Gasteiger partial charge in [0.25, 0.3) is 0 Å². The van der Waals surface area contributed by atoms with Crippen LogP contribution in [0.3, 0.4) is 0 Å². The van der Waals surface area contributed by atoms with Gasteiger partial charge in [-0.25, -0.2) is 13.8 Å². The Morgan fingerprint density at radius 2 is 1.75 bits per heavy atom. The van der Waals surface area contributed by atoms with Crippen molar-refractivity contribution in [3.05, 3.63) is 65.6 Å². The number of halogens is 3. The topological polar surface area (TPSA) is 26.0 Å². The van der Waals surface area contributed by atoms with E-state index < -0.39 is 17.0 Å². The van der Waals surface area contributed by atoms with Crippen LogP contribution in [0, 0.1) is 11.6 Å². The van der Waals surface area contributed by atoms with E-state index in [1.807, 2.05) is 12.1 Å². The molecule has 0 aliphatic heterocycles. The summed E-state index contributed by atoms with van der Waals surface area (Å²) in [5, 5.41) is -0.871. The summed E-state index contributed by atoms with van der Waals surface area (Å²) < 4.78 is 32.8. The smallest absolute Gasteiger partial charge is 0.197 e. The Kier molecular flexibility index (Phi) is 3.40. The molecule has 0 saturated carbocycles. The van der Waals surface area contributed by atoms with E-state index in [1.165, 1.54) is 18.2 Å². The van der Waals surface area contributed by atoms with Crippen molar-refractivity contribution < 1.29 is 13.2 Å². The number of oxazole rings is 1. The van der Waals surface area contributed by atoms with Gasteiger partial charge in [-0.2, -0.15) is 0 Å². The minimum atomic E-state index is -0.871. The summed E-state index contributed by atoms with van der Waals surface area (Å²) in [4.78, 5) is 4.24. The first kappa shape index (κ1) is 13.1. The fourth-order valence-corrected chi connectivity index (χ4v) is 2.41. The van der Waals surface area contributed by atoms with E-state index in [-0.39, 0.29) is 12.0 Å². The van der Waals surface area contributed by atoms with Crippen LogP contribution in [0.25, 0.3) is 11.1 Å². The summed E-state index contributed by atoms with van der Waals surface area (Å²) in [6, 6.07) is 10.9. The maximum atomic E-state index is 13.6. The molecule has 0 aliphatic carbocycles. The molecule has 1 heterocycles. The van der Waals surface area contributed by atoms with Crippen molar-refractivity contribution in [2.24, 2.45) is 0 Å². The van der Waals surface area contributed by atoms with Gasteiger partial charge in [-0.1, -0.05) is 18.2 Å². The van der Waals surface area contributed by atoms with Gasteiger partial charge in [0.15, 0.2) is 11.5 Å². The largest absolute Gasteiger partial charge is 0.441 e. The van der Waals surface area contributed by atoms with Gasteiger partial charge in [0.05, 0.1) is 5.38 Å². The fraction of sp³-hybridized carbons (Fsp3) is 0.133. The Bertz CT molecular complexity index is 703. The molecule has 20 heavy (non-hydrogen) atoms. The number of hydrogen-bond donors (Lipinski definition) is 0. The second-order valence-electron chi connectivity index (χ2n) is 4.38. The zero-order valence-corrected chi connectivity index (χ0v) is 11.1. The number of fused-ring (bicyclic) bond motifs is 1. The van der Waals surface area contributed by atoms with Gasteiger partial charge >= 0.3 is 0 Å². The molecular weight excluding hydrogens is 284 g/mol. The van der Waals surface area contributed by atoms with Crippen molar-refractivity contribution in [3.8, 4) is 0 Å². The van der Waals surface area contributed by atoms with Crippen LogP contribution in [0.1, 0.15) is 16.8 Å². The second-order valence-corrected chi connectivity index (χ2v) is 4.91. The van der Waals surface area contributed by atoms with Crippen LogP contribution >= 0.6 is 11.6 Å². The number of nitrogens with zero attached hydrogens (tertiary/aromatic N) is 1. The summed E-state index contributed by atoms with van der Waals surface area (Å²) in [7, 11) is 0. The normalized spacial score (nSPS) is 12.8. The maximum absolute atomic E-state index is 13.6. The summed E-state index contributed by atoms with van der Waals surface area (Å²) in [5.74, 6) is -0.976. The lowest BCUT2D eigenvalue weighted by Crippen LogP contribution is -2.02. The highest BCUT2D eigenvalue weighted by molar-refractivity contribution is 6.20. The highest BCUT2D eigenvalue weighted by Crippen LogP contribution is 2.30. The average Bonchev–Trinajstić information content (AvgIpc) is 2.80. The molecule has 102 valence electrons. The third-order valence-electron chi connectivity index (χ3n) is 3.00. The molecule has 0 bridgehead atoms. The predicted molar refractivity (Wildman–Crippen MR) is 72.7 cm³/mol. The predicted octanol–water partition coefficient (Wildman–Crippen LogP) is 4.63. The van der Waals surface area contributed by atoms with Crippen LogP contribution in [0.2, 0.25) is 0 Å². The van der Waals surface area contributed by atoms with Crippen LogP contribution in [-0.4, -0.2) is 4.98 Å². The molecule has 0 saturated heterocycles. The molecule has 0 amide bonds. The Balaban J connectivity index is 1.90. The molecule has 0 spiro atoms. The molecule has 2 aromatic carbocycles. The number of alkyl halides is 1. The van der Waals surface area contributed by atoms with Crippen LogP contribution in [0.4, 0.5) is 8.78 Å². The number of para-hydroxylation sites is 2. The molecule has 1 atom stereocenters. The third kappa shape index (κ3) is 2.39. The fourth-order valence-electron chi connectivity index (χ4n) is 2.07. The molecule has 3 aromatic rings. The zero-order valence-electron chi connectivity index (χ0n) is 10.3. The highest BCUT2D eigenvalue weighted by Gasteiger charge is 2.20. The Hall–Kier alpha value is -1.94. The molecule has 5 heteroatoms. The number of aromatic nitrogens is 1. The van der Waals surface area contributed by atoms with E-state index in [0.717, 1.165) is 0 Å². The van der Waals surface area contributed by atoms with E-state index >= 15 is 0 Å². The summed E-state index contributed by atoms with van der Waals surface area (Å²) in [5.41, 5.74) is 1.16. The maximum Gasteiger partial charge on any atom is 0.197 e. The molecule has 0 fully saturated rings. The minimum absolute atomic E-state index is 0.119. The summed E-state index contributed by atoms with van der Waals surface area (Å²) >= 11 is 6.10. The Morgan fingerprint density at radius 1 is 1.05 bits per heavy atom. The lowest BCUT2D eigenvalue weighted by atomic mass is 10.1. The zero-order chi connectivity index (χ0) is 14.1. The molecule has 0 N–H and O–H groups in total. The SMILES string of the molecule is Fc1cccc(F)c1C(Cl)Cc1nc2ccccc2o1. The molecule has 1 aromatic heterocycles. The van der Waals surface area contributed by atoms with Crippen molar-refractivity contribution in [2.45, 2.75) is 11.8 Å². The van der Waals surface area contributed by atoms with Gasteiger partial charge in [-0.05, 0) is 24.3 Å². The second kappa shape index (κ2) is 5.21. The van der Waals surface area contributed by atoms with Gasteiger partial charge < -0.3 is 4.42 Å². The third-order valence-corrected chi connectivity index (χ3v) is 3.38.